The first kappa shape index (κ1) is 23.8. The van der Waals surface area contributed by atoms with Crippen LogP contribution in [-0.4, -0.2) is 51.4 Å². The Hall–Kier alpha value is -3.95. The molecule has 0 spiro atoms. The topological polar surface area (TPSA) is 113 Å². The van der Waals surface area contributed by atoms with Crippen LogP contribution in [-0.2, 0) is 4.79 Å². The lowest BCUT2D eigenvalue weighted by Crippen LogP contribution is -2.53. The Balaban J connectivity index is 1.37. The predicted octanol–water partition coefficient (Wildman–Crippen LogP) is 3.45. The number of nitrogens with zero attached hydrogens (tertiary/aromatic N) is 5. The zero-order valence-corrected chi connectivity index (χ0v) is 20.5. The lowest BCUT2D eigenvalue weighted by molar-refractivity contribution is -0.750. The van der Waals surface area contributed by atoms with Gasteiger partial charge in [-0.2, -0.15) is 10.8 Å². The van der Waals surface area contributed by atoms with E-state index in [0.717, 1.165) is 29.8 Å². The number of carbonyl (C=O) groups is 2. The second-order valence-corrected chi connectivity index (χ2v) is 9.56. The molecule has 3 aliphatic rings. The first-order valence-corrected chi connectivity index (χ1v) is 12.2. The molecule has 36 heavy (non-hydrogen) atoms. The van der Waals surface area contributed by atoms with E-state index in [9.17, 15) is 9.59 Å². The molecule has 9 nitrogen and oxygen atoms in total. The number of rotatable bonds is 5. The highest BCUT2D eigenvalue weighted by Crippen LogP contribution is 2.38. The van der Waals surface area contributed by atoms with E-state index in [2.05, 4.69) is 15.3 Å². The van der Waals surface area contributed by atoms with Crippen molar-refractivity contribution in [1.82, 2.24) is 9.88 Å². The van der Waals surface area contributed by atoms with Crippen LogP contribution in [0.1, 0.15) is 42.6 Å². The number of nitrogens with one attached hydrogen (secondary N) is 1. The Morgan fingerprint density at radius 3 is 2.53 bits per heavy atom. The number of allylic oxidation sites excluding steroid dienone is 2. The van der Waals surface area contributed by atoms with Crippen molar-refractivity contribution in [3.63, 3.8) is 0 Å². The number of anilines is 1. The van der Waals surface area contributed by atoms with E-state index in [1.807, 2.05) is 43.1 Å². The van der Waals surface area contributed by atoms with E-state index in [1.165, 1.54) is 0 Å². The third-order valence-electron chi connectivity index (χ3n) is 6.82. The van der Waals surface area contributed by atoms with E-state index < -0.39 is 0 Å². The van der Waals surface area contributed by atoms with Gasteiger partial charge in [-0.05, 0) is 49.2 Å². The van der Waals surface area contributed by atoms with Crippen LogP contribution in [0.4, 0.5) is 5.82 Å². The Morgan fingerprint density at radius 1 is 1.11 bits per heavy atom. The molecule has 3 aliphatic heterocycles. The molecular formula is C27H30N7O2+. The summed E-state index contributed by atoms with van der Waals surface area (Å²) in [5.74, 6) is 8.19. The summed E-state index contributed by atoms with van der Waals surface area (Å²) in [4.78, 5) is 40.5. The van der Waals surface area contributed by atoms with Gasteiger partial charge >= 0.3 is 0 Å². The fourth-order valence-electron chi connectivity index (χ4n) is 4.84. The number of amidine groups is 1. The number of likely N-dealkylation sites (tertiary alicyclic amines) is 1. The van der Waals surface area contributed by atoms with Crippen LogP contribution in [0.5, 0.6) is 0 Å². The largest absolute Gasteiger partial charge is 0.342 e. The van der Waals surface area contributed by atoms with Gasteiger partial charge in [0.1, 0.15) is 17.7 Å². The predicted molar refractivity (Wildman–Crippen MR) is 138 cm³/mol. The van der Waals surface area contributed by atoms with Crippen LogP contribution in [0.15, 0.2) is 82.4 Å². The number of fused-ring (bicyclic) bond motifs is 1. The van der Waals surface area contributed by atoms with Gasteiger partial charge in [-0.15, -0.1) is 4.59 Å². The van der Waals surface area contributed by atoms with Crippen LogP contribution < -0.4 is 11.2 Å². The molecule has 2 aromatic rings. The van der Waals surface area contributed by atoms with E-state index in [1.54, 1.807) is 42.9 Å². The average Bonchev–Trinajstić information content (AvgIpc) is 3.22. The maximum atomic E-state index is 12.6. The summed E-state index contributed by atoms with van der Waals surface area (Å²) >= 11 is 0. The maximum absolute atomic E-state index is 12.6. The molecule has 0 radical (unpaired) electrons. The van der Waals surface area contributed by atoms with Crippen molar-refractivity contribution in [1.29, 1.82) is 0 Å². The molecule has 1 aromatic heterocycles. The van der Waals surface area contributed by atoms with Crippen molar-refractivity contribution in [3.05, 3.63) is 83.6 Å². The molecule has 1 aromatic carbocycles. The van der Waals surface area contributed by atoms with Gasteiger partial charge in [-0.3, -0.25) is 14.6 Å². The van der Waals surface area contributed by atoms with Gasteiger partial charge in [0.25, 0.3) is 11.7 Å². The maximum Gasteiger partial charge on any atom is 0.264 e. The minimum atomic E-state index is -0.238. The van der Waals surface area contributed by atoms with Crippen LogP contribution in [0.2, 0.25) is 0 Å². The molecule has 1 unspecified atom stereocenters. The van der Waals surface area contributed by atoms with Crippen molar-refractivity contribution < 1.29 is 14.2 Å². The van der Waals surface area contributed by atoms with Crippen molar-refractivity contribution in [3.8, 4) is 0 Å². The van der Waals surface area contributed by atoms with Gasteiger partial charge in [0, 0.05) is 36.7 Å². The van der Waals surface area contributed by atoms with Gasteiger partial charge in [-0.1, -0.05) is 19.9 Å². The summed E-state index contributed by atoms with van der Waals surface area (Å²) in [7, 11) is 0. The minimum Gasteiger partial charge on any atom is -0.342 e. The van der Waals surface area contributed by atoms with E-state index >= 15 is 0 Å². The second kappa shape index (κ2) is 9.60. The molecule has 2 amide bonds. The highest BCUT2D eigenvalue weighted by Gasteiger charge is 2.46. The number of piperidine rings is 1. The fraction of sp³-hybridized carbons (Fsp3) is 0.296. The van der Waals surface area contributed by atoms with Gasteiger partial charge < -0.3 is 10.2 Å². The van der Waals surface area contributed by atoms with Crippen molar-refractivity contribution in [2.45, 2.75) is 26.7 Å². The second-order valence-electron chi connectivity index (χ2n) is 9.56. The van der Waals surface area contributed by atoms with E-state index in [0.29, 0.717) is 30.3 Å². The van der Waals surface area contributed by atoms with Gasteiger partial charge in [-0.25, -0.2) is 4.98 Å². The molecule has 9 heteroatoms. The van der Waals surface area contributed by atoms with Crippen LogP contribution in [0.25, 0.3) is 0 Å². The Bertz CT molecular complexity index is 1290. The lowest BCUT2D eigenvalue weighted by atomic mass is 9.92. The number of hydrogen-bond acceptors (Lipinski definition) is 6. The number of pyridine rings is 1. The number of aromatic nitrogens is 1. The van der Waals surface area contributed by atoms with Crippen LogP contribution in [0, 0.1) is 11.8 Å². The summed E-state index contributed by atoms with van der Waals surface area (Å²) in [6, 6.07) is 12.6. The molecule has 3 N–H and O–H groups in total. The average molecular weight is 485 g/mol. The van der Waals surface area contributed by atoms with Crippen LogP contribution >= 0.6 is 0 Å². The zero-order chi connectivity index (χ0) is 25.3. The summed E-state index contributed by atoms with van der Waals surface area (Å²) in [6.45, 7) is 5.29. The monoisotopic (exact) mass is 484 g/mol. The standard InChI is InChI=1S/C27H29N7O2/c1-18(2)27(36)33-14-10-19(11-15-33)24-22-17-29-13-16-34(22,28)25(32-24)20-6-8-21(9-7-20)26(35)31-23-5-3-4-12-30-23/h3-9,12-13,16-19H,10-11,14-15,28H2,1-2H3/p+1. The zero-order valence-electron chi connectivity index (χ0n) is 20.5. The third-order valence-corrected chi connectivity index (χ3v) is 6.82. The quantitative estimate of drug-likeness (QED) is 0.500. The number of nitrogens with two attached hydrogens (primary N) is 1. The molecule has 1 fully saturated rings. The molecule has 184 valence electrons. The normalized spacial score (nSPS) is 21.6. The number of aliphatic imine (C=N–C) groups is 2. The van der Waals surface area contributed by atoms with Crippen molar-refractivity contribution in [2.24, 2.45) is 27.7 Å². The smallest absolute Gasteiger partial charge is 0.264 e. The number of carbonyl (C=O) groups excluding carboxylic acids is 2. The molecule has 1 saturated heterocycles. The number of hydrogen-bond donors (Lipinski definition) is 2. The van der Waals surface area contributed by atoms with Crippen molar-refractivity contribution >= 4 is 29.7 Å². The Morgan fingerprint density at radius 2 is 1.86 bits per heavy atom. The van der Waals surface area contributed by atoms with E-state index in [4.69, 9.17) is 10.8 Å². The molecule has 4 heterocycles. The van der Waals surface area contributed by atoms with Gasteiger partial charge in [0.2, 0.25) is 11.6 Å². The van der Waals surface area contributed by atoms with E-state index in [-0.39, 0.29) is 28.2 Å². The summed E-state index contributed by atoms with van der Waals surface area (Å²) in [5, 5.41) is 2.79. The molecule has 0 bridgehead atoms. The number of quaternary nitrogens is 1. The fourth-order valence-corrected chi connectivity index (χ4v) is 4.84. The summed E-state index contributed by atoms with van der Waals surface area (Å²) < 4.78 is -0.0660. The first-order valence-electron chi connectivity index (χ1n) is 12.2. The molecule has 0 saturated carbocycles. The lowest BCUT2D eigenvalue weighted by Gasteiger charge is -2.33. The number of amides is 2. The van der Waals surface area contributed by atoms with Crippen LogP contribution in [0.3, 0.4) is 0 Å². The highest BCUT2D eigenvalue weighted by atomic mass is 16.2. The highest BCUT2D eigenvalue weighted by molar-refractivity contribution is 6.05. The third kappa shape index (κ3) is 4.38. The summed E-state index contributed by atoms with van der Waals surface area (Å²) in [6.07, 6.45) is 8.58. The molecule has 5 rings (SSSR count). The van der Waals surface area contributed by atoms with Gasteiger partial charge in [0.05, 0.1) is 18.0 Å². The SMILES string of the molecule is CC(C)C(=O)N1CCC(C2=C3C=NC=C[N+]3(N)C(c3ccc(C(=O)Nc4ccccn4)cc3)=N2)CC1. The first-order chi connectivity index (χ1) is 17.4. The van der Waals surface area contributed by atoms with Crippen molar-refractivity contribution in [2.75, 3.05) is 18.4 Å². The number of benzene rings is 1. The Kier molecular flexibility index (Phi) is 6.34. The minimum absolute atomic E-state index is 0.00216. The van der Waals surface area contributed by atoms with Gasteiger partial charge in [0.15, 0.2) is 0 Å². The molecule has 1 atom stereocenters. The molecular weight excluding hydrogens is 454 g/mol. The molecule has 0 aliphatic carbocycles. The Labute approximate surface area is 210 Å². The summed E-state index contributed by atoms with van der Waals surface area (Å²) in [5.41, 5.74) is 3.11.